The van der Waals surface area contributed by atoms with Crippen LogP contribution in [-0.4, -0.2) is 34.7 Å². The highest BCUT2D eigenvalue weighted by Gasteiger charge is 2.43. The number of ether oxygens (including phenoxy) is 1. The van der Waals surface area contributed by atoms with E-state index in [-0.39, 0.29) is 5.69 Å². The Bertz CT molecular complexity index is 1140. The van der Waals surface area contributed by atoms with E-state index in [1.54, 1.807) is 42.1 Å². The molecule has 2 heterocycles. The van der Waals surface area contributed by atoms with Crippen LogP contribution in [0.5, 0.6) is 5.75 Å². The predicted octanol–water partition coefficient (Wildman–Crippen LogP) is 2.19. The molecule has 2 aromatic carbocycles. The Labute approximate surface area is 172 Å². The first-order valence-corrected chi connectivity index (χ1v) is 9.15. The molecule has 3 N–H and O–H groups in total. The van der Waals surface area contributed by atoms with Gasteiger partial charge in [-0.2, -0.15) is 5.10 Å². The largest absolute Gasteiger partial charge is 0.493 e. The molecular formula is C21H19N5O4. The van der Waals surface area contributed by atoms with Crippen LogP contribution in [0, 0.1) is 0 Å². The number of imide groups is 1. The third-order valence-electron chi connectivity index (χ3n) is 4.88. The highest BCUT2D eigenvalue weighted by molar-refractivity contribution is 6.08. The first kappa shape index (κ1) is 19.2. The van der Waals surface area contributed by atoms with Crippen LogP contribution in [0.15, 0.2) is 60.8 Å². The van der Waals surface area contributed by atoms with Gasteiger partial charge in [-0.15, -0.1) is 0 Å². The summed E-state index contributed by atoms with van der Waals surface area (Å²) in [6.45, 7) is 1.60. The molecule has 1 aromatic heterocycles. The first-order chi connectivity index (χ1) is 14.4. The molecule has 1 atom stereocenters. The standard InChI is InChI=1S/C21H19N5O4/c1-21(19(28)23-20(29)24-21)13-7-6-8-14(11-13)22-18(27)17-16(30-2)12-26(25-17)15-9-4-3-5-10-15/h3-12H,1-2H3,(H,22,27)(H2,23,24,28,29)/t21-/m0/s1. The quantitative estimate of drug-likeness (QED) is 0.563. The highest BCUT2D eigenvalue weighted by atomic mass is 16.5. The van der Waals surface area contributed by atoms with Crippen molar-refractivity contribution in [3.63, 3.8) is 0 Å². The van der Waals surface area contributed by atoms with Crippen LogP contribution in [0.4, 0.5) is 10.5 Å². The Morgan fingerprint density at radius 1 is 1.13 bits per heavy atom. The fraction of sp³-hybridized carbons (Fsp3) is 0.143. The lowest BCUT2D eigenvalue weighted by Gasteiger charge is -2.21. The summed E-state index contributed by atoms with van der Waals surface area (Å²) in [4.78, 5) is 36.6. The van der Waals surface area contributed by atoms with Crippen molar-refractivity contribution in [2.45, 2.75) is 12.5 Å². The lowest BCUT2D eigenvalue weighted by molar-refractivity contribution is -0.123. The SMILES string of the molecule is COc1cn(-c2ccccc2)nc1C(=O)Nc1cccc([C@]2(C)NC(=O)NC2=O)c1. The summed E-state index contributed by atoms with van der Waals surface area (Å²) in [5.41, 5.74) is 0.664. The Morgan fingerprint density at radius 3 is 2.57 bits per heavy atom. The van der Waals surface area contributed by atoms with Gasteiger partial charge < -0.3 is 15.4 Å². The summed E-state index contributed by atoms with van der Waals surface area (Å²) in [5.74, 6) is -0.607. The molecule has 0 radical (unpaired) electrons. The van der Waals surface area contributed by atoms with E-state index in [1.165, 1.54) is 7.11 Å². The van der Waals surface area contributed by atoms with Gasteiger partial charge in [0.05, 0.1) is 19.0 Å². The number of carbonyl (C=O) groups is 3. The van der Waals surface area contributed by atoms with Gasteiger partial charge in [-0.3, -0.25) is 14.9 Å². The summed E-state index contributed by atoms with van der Waals surface area (Å²) in [6.07, 6.45) is 1.63. The van der Waals surface area contributed by atoms with Crippen molar-refractivity contribution in [2.75, 3.05) is 12.4 Å². The Balaban J connectivity index is 1.60. The van der Waals surface area contributed by atoms with Crippen LogP contribution in [0.3, 0.4) is 0 Å². The van der Waals surface area contributed by atoms with E-state index in [1.807, 2.05) is 30.3 Å². The lowest BCUT2D eigenvalue weighted by Crippen LogP contribution is -2.40. The van der Waals surface area contributed by atoms with E-state index in [0.717, 1.165) is 5.69 Å². The monoisotopic (exact) mass is 405 g/mol. The van der Waals surface area contributed by atoms with Gasteiger partial charge in [0.1, 0.15) is 5.54 Å². The van der Waals surface area contributed by atoms with Crippen LogP contribution >= 0.6 is 0 Å². The number of nitrogens with one attached hydrogen (secondary N) is 3. The summed E-state index contributed by atoms with van der Waals surface area (Å²) in [7, 11) is 1.46. The molecule has 152 valence electrons. The smallest absolute Gasteiger partial charge is 0.322 e. The molecule has 1 aliphatic rings. The fourth-order valence-electron chi connectivity index (χ4n) is 3.22. The van der Waals surface area contributed by atoms with Crippen LogP contribution in [0.1, 0.15) is 23.0 Å². The Morgan fingerprint density at radius 2 is 1.90 bits per heavy atom. The summed E-state index contributed by atoms with van der Waals surface area (Å²) in [6, 6.07) is 15.5. The highest BCUT2D eigenvalue weighted by Crippen LogP contribution is 2.27. The fourth-order valence-corrected chi connectivity index (χ4v) is 3.22. The number of aromatic nitrogens is 2. The predicted molar refractivity (Wildman–Crippen MR) is 109 cm³/mol. The minimum absolute atomic E-state index is 0.116. The second-order valence-electron chi connectivity index (χ2n) is 6.89. The van der Waals surface area contributed by atoms with E-state index in [2.05, 4.69) is 21.0 Å². The van der Waals surface area contributed by atoms with E-state index < -0.39 is 23.4 Å². The van der Waals surface area contributed by atoms with Crippen LogP contribution < -0.4 is 20.7 Å². The van der Waals surface area contributed by atoms with Gasteiger partial charge in [0.15, 0.2) is 11.4 Å². The van der Waals surface area contributed by atoms with Crippen molar-refractivity contribution in [1.29, 1.82) is 0 Å². The molecule has 4 rings (SSSR count). The lowest BCUT2D eigenvalue weighted by atomic mass is 9.92. The number of carbonyl (C=O) groups excluding carboxylic acids is 3. The number of rotatable bonds is 5. The van der Waals surface area contributed by atoms with E-state index in [0.29, 0.717) is 17.0 Å². The van der Waals surface area contributed by atoms with Crippen LogP contribution in [-0.2, 0) is 10.3 Å². The van der Waals surface area contributed by atoms with Crippen LogP contribution in [0.25, 0.3) is 5.69 Å². The maximum atomic E-state index is 12.9. The summed E-state index contributed by atoms with van der Waals surface area (Å²) in [5, 5.41) is 11.9. The van der Waals surface area contributed by atoms with Crippen molar-refractivity contribution in [3.05, 3.63) is 72.1 Å². The molecule has 30 heavy (non-hydrogen) atoms. The molecule has 3 aromatic rings. The molecule has 1 aliphatic heterocycles. The normalized spacial score (nSPS) is 17.9. The molecule has 0 saturated carbocycles. The van der Waals surface area contributed by atoms with Gasteiger partial charge in [-0.05, 0) is 36.8 Å². The molecule has 0 spiro atoms. The Hall–Kier alpha value is -4.14. The summed E-state index contributed by atoms with van der Waals surface area (Å²) < 4.78 is 6.87. The third kappa shape index (κ3) is 3.37. The number of nitrogens with zero attached hydrogens (tertiary/aromatic N) is 2. The molecule has 0 aliphatic carbocycles. The topological polar surface area (TPSA) is 114 Å². The maximum absolute atomic E-state index is 12.9. The number of hydrogen-bond acceptors (Lipinski definition) is 5. The average Bonchev–Trinajstić information content (AvgIpc) is 3.30. The zero-order chi connectivity index (χ0) is 21.3. The third-order valence-corrected chi connectivity index (χ3v) is 4.88. The maximum Gasteiger partial charge on any atom is 0.322 e. The minimum atomic E-state index is -1.22. The zero-order valence-corrected chi connectivity index (χ0v) is 16.3. The van der Waals surface area contributed by atoms with E-state index >= 15 is 0 Å². The molecule has 0 unspecified atom stereocenters. The number of para-hydroxylation sites is 1. The second-order valence-corrected chi connectivity index (χ2v) is 6.89. The molecule has 0 bridgehead atoms. The Kier molecular flexibility index (Phi) is 4.71. The van der Waals surface area contributed by atoms with Crippen molar-refractivity contribution in [1.82, 2.24) is 20.4 Å². The van der Waals surface area contributed by atoms with Gasteiger partial charge in [0.25, 0.3) is 11.8 Å². The zero-order valence-electron chi connectivity index (χ0n) is 16.3. The minimum Gasteiger partial charge on any atom is -0.493 e. The van der Waals surface area contributed by atoms with Crippen molar-refractivity contribution in [3.8, 4) is 11.4 Å². The first-order valence-electron chi connectivity index (χ1n) is 9.15. The summed E-state index contributed by atoms with van der Waals surface area (Å²) >= 11 is 0. The number of amides is 4. The van der Waals surface area contributed by atoms with Gasteiger partial charge in [0, 0.05) is 5.69 Å². The van der Waals surface area contributed by atoms with Gasteiger partial charge >= 0.3 is 6.03 Å². The van der Waals surface area contributed by atoms with Crippen molar-refractivity contribution in [2.24, 2.45) is 0 Å². The number of anilines is 1. The van der Waals surface area contributed by atoms with E-state index in [4.69, 9.17) is 4.74 Å². The number of hydrogen-bond donors (Lipinski definition) is 3. The second kappa shape index (κ2) is 7.36. The molecule has 9 nitrogen and oxygen atoms in total. The van der Waals surface area contributed by atoms with Gasteiger partial charge in [0.2, 0.25) is 0 Å². The van der Waals surface area contributed by atoms with Gasteiger partial charge in [-0.1, -0.05) is 30.3 Å². The number of methoxy groups -OCH3 is 1. The molecule has 1 fully saturated rings. The molecule has 4 amide bonds. The van der Waals surface area contributed by atoms with Gasteiger partial charge in [-0.25, -0.2) is 9.48 Å². The van der Waals surface area contributed by atoms with Crippen LogP contribution in [0.2, 0.25) is 0 Å². The molecular weight excluding hydrogens is 386 g/mol. The van der Waals surface area contributed by atoms with Crippen molar-refractivity contribution < 1.29 is 19.1 Å². The molecule has 9 heteroatoms. The number of benzene rings is 2. The molecule has 1 saturated heterocycles. The average molecular weight is 405 g/mol. The van der Waals surface area contributed by atoms with E-state index in [9.17, 15) is 14.4 Å². The number of urea groups is 1. The van der Waals surface area contributed by atoms with Crippen molar-refractivity contribution >= 4 is 23.5 Å².